The summed E-state index contributed by atoms with van der Waals surface area (Å²) in [5.74, 6) is 0.0411. The highest BCUT2D eigenvalue weighted by atomic mass is 35.5. The van der Waals surface area contributed by atoms with Crippen LogP contribution in [0.2, 0.25) is 5.02 Å². The van der Waals surface area contributed by atoms with Crippen LogP contribution in [0.1, 0.15) is 19.8 Å². The Labute approximate surface area is 225 Å². The van der Waals surface area contributed by atoms with Crippen LogP contribution in [0, 0.1) is 5.82 Å². The van der Waals surface area contributed by atoms with Crippen LogP contribution in [-0.2, 0) is 4.74 Å². The second kappa shape index (κ2) is 13.7. The molecular weight excluding hydrogens is 526 g/mol. The standard InChI is InChI=1S/C26H32ClF4N5O2/c1-4-5-7-19(26(29,30)31)24(32-2)36-12-10-35(11-13-36)23-17-22(18-8-9-21(28)20(27)16-18)33-25(34-23)38-15-6-14-37-3/h5,7-9,16-17,32H,4,6,10-15H2,1-3H3/b7-5-,24-19-. The first-order chi connectivity index (χ1) is 18.2. The van der Waals surface area contributed by atoms with Crippen molar-refractivity contribution in [1.29, 1.82) is 0 Å². The summed E-state index contributed by atoms with van der Waals surface area (Å²) in [7, 11) is 3.09. The summed E-state index contributed by atoms with van der Waals surface area (Å²) < 4.78 is 65.8. The van der Waals surface area contributed by atoms with Gasteiger partial charge in [0.2, 0.25) is 0 Å². The number of rotatable bonds is 11. The lowest BCUT2D eigenvalue weighted by Gasteiger charge is -2.38. The van der Waals surface area contributed by atoms with Crippen molar-refractivity contribution >= 4 is 17.4 Å². The molecule has 0 spiro atoms. The van der Waals surface area contributed by atoms with Crippen molar-refractivity contribution in [3.8, 4) is 17.3 Å². The van der Waals surface area contributed by atoms with Gasteiger partial charge in [0.25, 0.3) is 0 Å². The number of ether oxygens (including phenoxy) is 2. The maximum Gasteiger partial charge on any atom is 0.419 e. The Morgan fingerprint density at radius 1 is 1.13 bits per heavy atom. The van der Waals surface area contributed by atoms with E-state index < -0.39 is 17.6 Å². The van der Waals surface area contributed by atoms with Gasteiger partial charge in [-0.1, -0.05) is 30.7 Å². The third-order valence-corrected chi connectivity index (χ3v) is 6.16. The van der Waals surface area contributed by atoms with Gasteiger partial charge in [0, 0.05) is 65.0 Å². The number of alkyl halides is 3. The molecule has 0 atom stereocenters. The Kier molecular flexibility index (Phi) is 10.6. The van der Waals surface area contributed by atoms with Gasteiger partial charge >= 0.3 is 12.2 Å². The van der Waals surface area contributed by atoms with E-state index in [4.69, 9.17) is 21.1 Å². The molecule has 208 valence electrons. The molecule has 3 rings (SSSR count). The lowest BCUT2D eigenvalue weighted by Crippen LogP contribution is -2.49. The lowest BCUT2D eigenvalue weighted by molar-refractivity contribution is -0.0907. The molecule has 0 radical (unpaired) electrons. The summed E-state index contributed by atoms with van der Waals surface area (Å²) in [6, 6.07) is 6.17. The molecule has 1 saturated heterocycles. The Hall–Kier alpha value is -3.05. The molecule has 2 heterocycles. The number of allylic oxidation sites excluding steroid dienone is 3. The lowest BCUT2D eigenvalue weighted by atomic mass is 10.1. The van der Waals surface area contributed by atoms with E-state index in [2.05, 4.69) is 15.3 Å². The van der Waals surface area contributed by atoms with E-state index in [0.717, 1.165) is 6.08 Å². The third kappa shape index (κ3) is 7.73. The van der Waals surface area contributed by atoms with E-state index in [1.165, 1.54) is 25.3 Å². The van der Waals surface area contributed by atoms with Gasteiger partial charge in [-0.05, 0) is 24.6 Å². The number of anilines is 1. The number of benzene rings is 1. The quantitative estimate of drug-likeness (QED) is 0.224. The molecule has 12 heteroatoms. The van der Waals surface area contributed by atoms with Gasteiger partial charge in [-0.25, -0.2) is 4.39 Å². The van der Waals surface area contributed by atoms with Crippen molar-refractivity contribution in [3.05, 3.63) is 58.7 Å². The molecular formula is C26H32ClF4N5O2. The summed E-state index contributed by atoms with van der Waals surface area (Å²) in [6.45, 7) is 4.12. The van der Waals surface area contributed by atoms with E-state index in [9.17, 15) is 17.6 Å². The molecule has 1 N–H and O–H groups in total. The van der Waals surface area contributed by atoms with Gasteiger partial charge in [-0.15, -0.1) is 0 Å². The Morgan fingerprint density at radius 2 is 1.87 bits per heavy atom. The van der Waals surface area contributed by atoms with Gasteiger partial charge in [-0.2, -0.15) is 23.1 Å². The van der Waals surface area contributed by atoms with E-state index in [-0.39, 0.29) is 16.9 Å². The molecule has 0 unspecified atom stereocenters. The molecule has 1 aromatic carbocycles. The molecule has 2 aromatic rings. The Morgan fingerprint density at radius 3 is 2.47 bits per heavy atom. The summed E-state index contributed by atoms with van der Waals surface area (Å²) in [5, 5.41) is 2.70. The normalized spacial score (nSPS) is 15.2. The zero-order valence-electron chi connectivity index (χ0n) is 21.6. The van der Waals surface area contributed by atoms with Crippen LogP contribution >= 0.6 is 11.6 Å². The summed E-state index contributed by atoms with van der Waals surface area (Å²) in [6.07, 6.45) is -0.748. The average molecular weight is 558 g/mol. The van der Waals surface area contributed by atoms with E-state index in [0.29, 0.717) is 69.3 Å². The highest BCUT2D eigenvalue weighted by Gasteiger charge is 2.36. The minimum atomic E-state index is -4.49. The zero-order chi connectivity index (χ0) is 27.7. The molecule has 0 aliphatic carbocycles. The summed E-state index contributed by atoms with van der Waals surface area (Å²) in [5.41, 5.74) is 0.360. The molecule has 0 amide bonds. The number of hydrogen-bond acceptors (Lipinski definition) is 7. The molecule has 0 saturated carbocycles. The number of methoxy groups -OCH3 is 1. The fourth-order valence-corrected chi connectivity index (χ4v) is 4.16. The van der Waals surface area contributed by atoms with Gasteiger partial charge in [0.1, 0.15) is 17.5 Å². The van der Waals surface area contributed by atoms with Crippen molar-refractivity contribution in [2.45, 2.75) is 25.9 Å². The van der Waals surface area contributed by atoms with Crippen molar-refractivity contribution in [2.75, 3.05) is 58.5 Å². The second-order valence-corrected chi connectivity index (χ2v) is 8.92. The first-order valence-corrected chi connectivity index (χ1v) is 12.7. The highest BCUT2D eigenvalue weighted by Crippen LogP contribution is 2.32. The number of halogens is 5. The fraction of sp³-hybridized carbons (Fsp3) is 0.462. The first-order valence-electron chi connectivity index (χ1n) is 12.3. The zero-order valence-corrected chi connectivity index (χ0v) is 22.4. The van der Waals surface area contributed by atoms with Crippen LogP contribution in [0.5, 0.6) is 6.01 Å². The number of piperazine rings is 1. The summed E-state index contributed by atoms with van der Waals surface area (Å²) in [4.78, 5) is 12.6. The minimum Gasteiger partial charge on any atom is -0.463 e. The third-order valence-electron chi connectivity index (χ3n) is 5.87. The number of nitrogens with one attached hydrogen (secondary N) is 1. The summed E-state index contributed by atoms with van der Waals surface area (Å²) >= 11 is 5.98. The van der Waals surface area contributed by atoms with Crippen LogP contribution in [-0.4, -0.2) is 74.6 Å². The van der Waals surface area contributed by atoms with Crippen molar-refractivity contribution in [1.82, 2.24) is 20.2 Å². The van der Waals surface area contributed by atoms with Crippen LogP contribution in [0.4, 0.5) is 23.4 Å². The van der Waals surface area contributed by atoms with Crippen molar-refractivity contribution < 1.29 is 27.0 Å². The molecule has 38 heavy (non-hydrogen) atoms. The topological polar surface area (TPSA) is 62.8 Å². The smallest absolute Gasteiger partial charge is 0.419 e. The highest BCUT2D eigenvalue weighted by molar-refractivity contribution is 6.31. The van der Waals surface area contributed by atoms with Crippen LogP contribution < -0.4 is 15.0 Å². The minimum absolute atomic E-state index is 0.0355. The van der Waals surface area contributed by atoms with E-state index in [1.807, 2.05) is 4.90 Å². The predicted molar refractivity (Wildman–Crippen MR) is 140 cm³/mol. The first kappa shape index (κ1) is 29.5. The number of nitrogens with zero attached hydrogens (tertiary/aromatic N) is 4. The fourth-order valence-electron chi connectivity index (χ4n) is 3.98. The molecule has 1 aromatic heterocycles. The number of aromatic nitrogens is 2. The van der Waals surface area contributed by atoms with Gasteiger partial charge in [0.15, 0.2) is 0 Å². The number of hydrogen-bond donors (Lipinski definition) is 1. The maximum atomic E-state index is 13.8. The maximum absolute atomic E-state index is 13.8. The van der Waals surface area contributed by atoms with Crippen LogP contribution in [0.25, 0.3) is 11.3 Å². The van der Waals surface area contributed by atoms with Gasteiger partial charge in [0.05, 0.1) is 22.9 Å². The molecule has 7 nitrogen and oxygen atoms in total. The Balaban J connectivity index is 1.87. The molecule has 1 fully saturated rings. The molecule has 0 bridgehead atoms. The SMILES string of the molecule is CC/C=C\C(=C(/NC)N1CCN(c2cc(-c3ccc(F)c(Cl)c3)nc(OCCCOC)n2)CC1)C(F)(F)F. The van der Waals surface area contributed by atoms with Crippen molar-refractivity contribution in [3.63, 3.8) is 0 Å². The second-order valence-electron chi connectivity index (χ2n) is 8.51. The van der Waals surface area contributed by atoms with Crippen LogP contribution in [0.3, 0.4) is 0 Å². The molecule has 1 aliphatic heterocycles. The van der Waals surface area contributed by atoms with Gasteiger partial charge < -0.3 is 24.6 Å². The van der Waals surface area contributed by atoms with Crippen molar-refractivity contribution in [2.24, 2.45) is 0 Å². The molecule has 1 aliphatic rings. The van der Waals surface area contributed by atoms with E-state index >= 15 is 0 Å². The van der Waals surface area contributed by atoms with Gasteiger partial charge in [-0.3, -0.25) is 0 Å². The predicted octanol–water partition coefficient (Wildman–Crippen LogP) is 5.43. The largest absolute Gasteiger partial charge is 0.463 e. The Bertz CT molecular complexity index is 1140. The van der Waals surface area contributed by atoms with E-state index in [1.54, 1.807) is 31.1 Å². The van der Waals surface area contributed by atoms with Crippen LogP contribution in [0.15, 0.2) is 47.8 Å². The monoisotopic (exact) mass is 557 g/mol. The average Bonchev–Trinajstić information content (AvgIpc) is 2.90.